The highest BCUT2D eigenvalue weighted by Crippen LogP contribution is 2.41. The molecule has 3 N–H and O–H groups in total. The zero-order chi connectivity index (χ0) is 17.3. The van der Waals surface area contributed by atoms with Gasteiger partial charge in [0.15, 0.2) is 0 Å². The van der Waals surface area contributed by atoms with Gasteiger partial charge in [0, 0.05) is 16.0 Å². The fourth-order valence-corrected chi connectivity index (χ4v) is 3.89. The van der Waals surface area contributed by atoms with Crippen molar-refractivity contribution in [3.63, 3.8) is 0 Å². The number of aromatic nitrogens is 1. The number of halogens is 4. The number of H-pyrrole nitrogens is 1. The standard InChI is InChI=1S/C18H16Cl4N2/c19-10-4-5-11(15(22)9-10)17-12(3-1-2-8-23)16-13(20)6-7-14(21)18(16)24-17/h4-7,9,24H,1-3,8,23H2. The molecule has 0 fully saturated rings. The molecule has 1 aromatic heterocycles. The second-order valence-corrected chi connectivity index (χ2v) is 7.29. The van der Waals surface area contributed by atoms with Crippen molar-refractivity contribution in [2.75, 3.05) is 6.54 Å². The van der Waals surface area contributed by atoms with Gasteiger partial charge in [0.05, 0.1) is 26.3 Å². The van der Waals surface area contributed by atoms with Gasteiger partial charge in [-0.2, -0.15) is 0 Å². The van der Waals surface area contributed by atoms with E-state index in [1.54, 1.807) is 12.1 Å². The molecule has 0 aliphatic rings. The summed E-state index contributed by atoms with van der Waals surface area (Å²) in [4.78, 5) is 3.40. The summed E-state index contributed by atoms with van der Waals surface area (Å²) < 4.78 is 0. The van der Waals surface area contributed by atoms with E-state index in [0.29, 0.717) is 26.6 Å². The topological polar surface area (TPSA) is 41.8 Å². The zero-order valence-electron chi connectivity index (χ0n) is 12.8. The molecule has 2 aromatic carbocycles. The van der Waals surface area contributed by atoms with Crippen LogP contribution in [-0.2, 0) is 6.42 Å². The van der Waals surface area contributed by atoms with Crippen molar-refractivity contribution in [2.45, 2.75) is 19.3 Å². The third-order valence-corrected chi connectivity index (χ3v) is 5.22. The van der Waals surface area contributed by atoms with Crippen molar-refractivity contribution < 1.29 is 0 Å². The summed E-state index contributed by atoms with van der Waals surface area (Å²) in [5, 5.41) is 3.43. The van der Waals surface area contributed by atoms with E-state index in [4.69, 9.17) is 52.1 Å². The van der Waals surface area contributed by atoms with Crippen LogP contribution in [0.2, 0.25) is 20.1 Å². The zero-order valence-corrected chi connectivity index (χ0v) is 15.8. The van der Waals surface area contributed by atoms with E-state index in [1.165, 1.54) is 0 Å². The molecular weight excluding hydrogens is 386 g/mol. The number of rotatable bonds is 5. The lowest BCUT2D eigenvalue weighted by atomic mass is 10.00. The SMILES string of the molecule is NCCCCc1c(-c2ccc(Cl)cc2Cl)[nH]c2c(Cl)ccc(Cl)c12. The third-order valence-electron chi connectivity index (χ3n) is 4.04. The Kier molecular flexibility index (Phi) is 5.63. The normalized spacial score (nSPS) is 11.4. The Bertz CT molecular complexity index is 886. The van der Waals surface area contributed by atoms with E-state index in [2.05, 4.69) is 4.98 Å². The van der Waals surface area contributed by atoms with Gasteiger partial charge >= 0.3 is 0 Å². The minimum atomic E-state index is 0.585. The van der Waals surface area contributed by atoms with Crippen molar-refractivity contribution in [1.29, 1.82) is 0 Å². The Morgan fingerprint density at radius 1 is 0.875 bits per heavy atom. The first-order valence-electron chi connectivity index (χ1n) is 7.67. The summed E-state index contributed by atoms with van der Waals surface area (Å²) in [6.45, 7) is 0.661. The summed E-state index contributed by atoms with van der Waals surface area (Å²) in [7, 11) is 0. The molecule has 0 bridgehead atoms. The van der Waals surface area contributed by atoms with Crippen molar-refractivity contribution in [3.05, 3.63) is 56.0 Å². The molecule has 2 nitrogen and oxygen atoms in total. The summed E-state index contributed by atoms with van der Waals surface area (Å²) >= 11 is 25.3. The molecule has 24 heavy (non-hydrogen) atoms. The molecule has 0 spiro atoms. The summed E-state index contributed by atoms with van der Waals surface area (Å²) in [5.74, 6) is 0. The first kappa shape index (κ1) is 17.9. The number of nitrogens with two attached hydrogens (primary N) is 1. The highest BCUT2D eigenvalue weighted by molar-refractivity contribution is 6.41. The first-order valence-corrected chi connectivity index (χ1v) is 9.18. The third kappa shape index (κ3) is 3.40. The van der Waals surface area contributed by atoms with E-state index in [0.717, 1.165) is 47.0 Å². The molecule has 3 rings (SSSR count). The Labute approximate surface area is 160 Å². The smallest absolute Gasteiger partial charge is 0.0666 e. The quantitative estimate of drug-likeness (QED) is 0.457. The number of hydrogen-bond donors (Lipinski definition) is 2. The van der Waals surface area contributed by atoms with Crippen LogP contribution >= 0.6 is 46.4 Å². The molecule has 126 valence electrons. The van der Waals surface area contributed by atoms with Crippen LogP contribution in [0, 0.1) is 0 Å². The van der Waals surface area contributed by atoms with E-state index in [9.17, 15) is 0 Å². The second kappa shape index (κ2) is 7.55. The van der Waals surface area contributed by atoms with E-state index >= 15 is 0 Å². The summed E-state index contributed by atoms with van der Waals surface area (Å²) in [5.41, 5.74) is 9.38. The van der Waals surface area contributed by atoms with Crippen LogP contribution in [0.25, 0.3) is 22.2 Å². The summed E-state index contributed by atoms with van der Waals surface area (Å²) in [6, 6.07) is 9.07. The highest BCUT2D eigenvalue weighted by Gasteiger charge is 2.19. The lowest BCUT2D eigenvalue weighted by Crippen LogP contribution is -1.99. The van der Waals surface area contributed by atoms with Gasteiger partial charge in [-0.15, -0.1) is 0 Å². The lowest BCUT2D eigenvalue weighted by Gasteiger charge is -2.08. The number of hydrogen-bond acceptors (Lipinski definition) is 1. The molecule has 0 aliphatic heterocycles. The Hall–Kier alpha value is -0.900. The maximum Gasteiger partial charge on any atom is 0.0666 e. The minimum Gasteiger partial charge on any atom is -0.353 e. The second-order valence-electron chi connectivity index (χ2n) is 5.63. The van der Waals surface area contributed by atoms with Gasteiger partial charge in [0.2, 0.25) is 0 Å². The largest absolute Gasteiger partial charge is 0.353 e. The number of aryl methyl sites for hydroxylation is 1. The first-order chi connectivity index (χ1) is 11.5. The molecule has 6 heteroatoms. The Morgan fingerprint density at radius 2 is 1.62 bits per heavy atom. The van der Waals surface area contributed by atoms with Crippen LogP contribution in [0.15, 0.2) is 30.3 Å². The van der Waals surface area contributed by atoms with Gasteiger partial charge in [-0.3, -0.25) is 0 Å². The van der Waals surface area contributed by atoms with Gasteiger partial charge < -0.3 is 10.7 Å². The molecule has 1 heterocycles. The maximum atomic E-state index is 6.46. The predicted octanol–water partition coefficient (Wildman–Crippen LogP) is 6.73. The van der Waals surface area contributed by atoms with Crippen LogP contribution in [0.5, 0.6) is 0 Å². The molecule has 0 saturated heterocycles. The monoisotopic (exact) mass is 400 g/mol. The number of benzene rings is 2. The Morgan fingerprint density at radius 3 is 2.33 bits per heavy atom. The molecular formula is C18H16Cl4N2. The van der Waals surface area contributed by atoms with Crippen molar-refractivity contribution in [1.82, 2.24) is 4.98 Å². The fraction of sp³-hybridized carbons (Fsp3) is 0.222. The van der Waals surface area contributed by atoms with Gasteiger partial charge in [-0.25, -0.2) is 0 Å². The number of unbranched alkanes of at least 4 members (excludes halogenated alkanes) is 1. The van der Waals surface area contributed by atoms with Crippen LogP contribution in [-0.4, -0.2) is 11.5 Å². The number of fused-ring (bicyclic) bond motifs is 1. The molecule has 0 aliphatic carbocycles. The van der Waals surface area contributed by atoms with E-state index < -0.39 is 0 Å². The van der Waals surface area contributed by atoms with Gasteiger partial charge in [0.1, 0.15) is 0 Å². The van der Waals surface area contributed by atoms with Gasteiger partial charge in [-0.1, -0.05) is 46.4 Å². The predicted molar refractivity (Wildman–Crippen MR) is 106 cm³/mol. The number of nitrogens with one attached hydrogen (secondary N) is 1. The molecule has 0 unspecified atom stereocenters. The van der Waals surface area contributed by atoms with Gasteiger partial charge in [-0.05, 0) is 61.7 Å². The highest BCUT2D eigenvalue weighted by atomic mass is 35.5. The molecule has 0 atom stereocenters. The molecule has 0 amide bonds. The van der Waals surface area contributed by atoms with E-state index in [1.807, 2.05) is 18.2 Å². The van der Waals surface area contributed by atoms with E-state index in [-0.39, 0.29) is 0 Å². The Balaban J connectivity index is 2.24. The fourth-order valence-electron chi connectivity index (χ4n) is 2.91. The molecule has 0 saturated carbocycles. The summed E-state index contributed by atoms with van der Waals surface area (Å²) in [6.07, 6.45) is 2.74. The van der Waals surface area contributed by atoms with Crippen molar-refractivity contribution in [2.24, 2.45) is 5.73 Å². The van der Waals surface area contributed by atoms with Crippen LogP contribution in [0.4, 0.5) is 0 Å². The number of aromatic amines is 1. The van der Waals surface area contributed by atoms with Crippen LogP contribution in [0.1, 0.15) is 18.4 Å². The van der Waals surface area contributed by atoms with Crippen LogP contribution in [0.3, 0.4) is 0 Å². The molecule has 3 aromatic rings. The van der Waals surface area contributed by atoms with Gasteiger partial charge in [0.25, 0.3) is 0 Å². The lowest BCUT2D eigenvalue weighted by molar-refractivity contribution is 0.748. The minimum absolute atomic E-state index is 0.585. The van der Waals surface area contributed by atoms with Crippen molar-refractivity contribution >= 4 is 57.3 Å². The van der Waals surface area contributed by atoms with Crippen LogP contribution < -0.4 is 5.73 Å². The average molecular weight is 402 g/mol. The molecule has 0 radical (unpaired) electrons. The van der Waals surface area contributed by atoms with Crippen molar-refractivity contribution in [3.8, 4) is 11.3 Å². The average Bonchev–Trinajstić information content (AvgIpc) is 2.92. The maximum absolute atomic E-state index is 6.46.